The zero-order valence-corrected chi connectivity index (χ0v) is 46.5. The Labute approximate surface area is 464 Å². The van der Waals surface area contributed by atoms with Gasteiger partial charge in [-0.25, -0.2) is 19.6 Å². The quantitative estimate of drug-likeness (QED) is 0.167. The molecule has 6 unspecified atom stereocenters. The van der Waals surface area contributed by atoms with Crippen molar-refractivity contribution in [2.24, 2.45) is 11.8 Å². The van der Waals surface area contributed by atoms with Crippen LogP contribution in [0.2, 0.25) is 0 Å². The first-order valence-electron chi connectivity index (χ1n) is 26.8. The highest BCUT2D eigenvalue weighted by atomic mass is 16.5. The highest BCUT2D eigenvalue weighted by Crippen LogP contribution is 2.32. The van der Waals surface area contributed by atoms with Gasteiger partial charge in [-0.05, 0) is 75.7 Å². The first-order chi connectivity index (χ1) is 38.1. The molecule has 3 aromatic rings. The van der Waals surface area contributed by atoms with Crippen molar-refractivity contribution in [1.82, 2.24) is 60.8 Å². The maximum absolute atomic E-state index is 15.1. The van der Waals surface area contributed by atoms with Crippen LogP contribution in [-0.4, -0.2) is 188 Å². The van der Waals surface area contributed by atoms with Crippen LogP contribution in [0, 0.1) is 11.8 Å². The Morgan fingerprint density at radius 1 is 0.650 bits per heavy atom. The summed E-state index contributed by atoms with van der Waals surface area (Å²) in [6, 6.07) is -4.64. The minimum atomic E-state index is -1.67. The number of hydrogen-bond acceptors (Lipinski definition) is 16. The van der Waals surface area contributed by atoms with Crippen molar-refractivity contribution >= 4 is 82.4 Å². The summed E-state index contributed by atoms with van der Waals surface area (Å²) >= 11 is 0. The highest BCUT2D eigenvalue weighted by molar-refractivity contribution is 6.00. The number of nitrogens with one attached hydrogen (secondary N) is 4. The molecular weight excluding hydrogens is 1030 g/mol. The van der Waals surface area contributed by atoms with Crippen LogP contribution in [0.5, 0.6) is 0 Å². The van der Waals surface area contributed by atoms with E-state index < -0.39 is 133 Å². The standard InChI is InChI=1S/C56H72N12O12/c1-11-33(12-2)45-55(77)79-29-41(64-48(70)40-28-58-37-23-17-18-24-38(37)62-40)49(71)59-32(6)52(74)66(8)44-26-20-19-25-43(53(75)67(45)9)65(7)51(73)31(5)60-50(72)42(63-47(69)39-27-57-35(13-3)36(14-4)61-39)30-80-56(78)46(68(10)54(44)76)34-21-15-16-22-34/h13-14,17-20,23-24,27-28,31-34,41-46H,3-4,11-12,15-16,21-22,25-26,29-30H2,1-2,5-10H3,(H,59,71)(H,60,72)(H,63,69)(H,64,70)/b20-19-/t31?,32?,41?,42?,43-,44-,45?,46?/m0/s1. The molecule has 0 saturated heterocycles. The van der Waals surface area contributed by atoms with E-state index in [1.54, 1.807) is 36.4 Å². The van der Waals surface area contributed by atoms with E-state index >= 15 is 9.59 Å². The topological polar surface area (TPSA) is 302 Å². The van der Waals surface area contributed by atoms with Gasteiger partial charge in [-0.2, -0.15) is 0 Å². The van der Waals surface area contributed by atoms with Gasteiger partial charge >= 0.3 is 11.9 Å². The summed E-state index contributed by atoms with van der Waals surface area (Å²) in [6.45, 7) is 12.2. The summed E-state index contributed by atoms with van der Waals surface area (Å²) in [6.07, 6.45) is 11.0. The van der Waals surface area contributed by atoms with Crippen molar-refractivity contribution in [3.63, 3.8) is 0 Å². The first kappa shape index (κ1) is 60.8. The lowest BCUT2D eigenvalue weighted by atomic mass is 9.92. The Bertz CT molecular complexity index is 2910. The van der Waals surface area contributed by atoms with Crippen molar-refractivity contribution in [3.8, 4) is 0 Å². The SMILES string of the molecule is C=Cc1ncc(C(=O)NC2COC(=O)C(C3CCCC3)N(C)C(=O)[C@@H]3C/C=C\C[C@@H](C(=O)N(C)C(C(CC)CC)C(=O)OCC(NC(=O)c4cnc5ccccc5n4)C(=O)NC(C)C(=O)N3C)N(C)C(=O)C(C)NC2=O)nc1C=C. The third kappa shape index (κ3) is 14.0. The summed E-state index contributed by atoms with van der Waals surface area (Å²) in [7, 11) is 5.45. The third-order valence-electron chi connectivity index (χ3n) is 15.1. The Kier molecular flexibility index (Phi) is 20.8. The molecule has 24 heteroatoms. The molecule has 2 aromatic heterocycles. The molecule has 2 bridgehead atoms. The van der Waals surface area contributed by atoms with Crippen molar-refractivity contribution in [1.29, 1.82) is 0 Å². The number of ether oxygens (including phenoxy) is 2. The van der Waals surface area contributed by atoms with Crippen LogP contribution < -0.4 is 21.3 Å². The van der Waals surface area contributed by atoms with Gasteiger partial charge in [0.05, 0.1) is 34.8 Å². The second-order valence-electron chi connectivity index (χ2n) is 20.2. The van der Waals surface area contributed by atoms with Gasteiger partial charge in [-0.15, -0.1) is 0 Å². The van der Waals surface area contributed by atoms with Crippen molar-refractivity contribution in [2.75, 3.05) is 41.4 Å². The van der Waals surface area contributed by atoms with E-state index in [2.05, 4.69) is 54.4 Å². The molecule has 1 saturated carbocycles. The fourth-order valence-corrected chi connectivity index (χ4v) is 10.3. The van der Waals surface area contributed by atoms with Gasteiger partial charge in [0.15, 0.2) is 0 Å². The molecule has 2 aliphatic heterocycles. The molecule has 0 spiro atoms. The van der Waals surface area contributed by atoms with Crippen molar-refractivity contribution in [2.45, 2.75) is 127 Å². The smallest absolute Gasteiger partial charge is 0.329 e. The Morgan fingerprint density at radius 2 is 1.12 bits per heavy atom. The number of carbonyl (C=O) groups is 10. The van der Waals surface area contributed by atoms with Gasteiger partial charge < -0.3 is 50.3 Å². The van der Waals surface area contributed by atoms with Crippen LogP contribution in [0.3, 0.4) is 0 Å². The fraction of sp³-hybridized carbons (Fsp3) is 0.500. The molecule has 8 amide bonds. The maximum Gasteiger partial charge on any atom is 0.329 e. The molecule has 4 N–H and O–H groups in total. The number of fused-ring (bicyclic) bond motifs is 5. The zero-order chi connectivity index (χ0) is 58.5. The molecule has 4 heterocycles. The Balaban J connectivity index is 1.45. The zero-order valence-electron chi connectivity index (χ0n) is 46.5. The lowest BCUT2D eigenvalue weighted by Crippen LogP contribution is -2.60. The number of hydrogen-bond donors (Lipinski definition) is 4. The van der Waals surface area contributed by atoms with Crippen molar-refractivity contribution < 1.29 is 57.4 Å². The van der Waals surface area contributed by atoms with Crippen molar-refractivity contribution in [3.05, 3.63) is 84.7 Å². The molecule has 428 valence electrons. The lowest BCUT2D eigenvalue weighted by molar-refractivity contribution is -0.161. The largest absolute Gasteiger partial charge is 0.461 e. The minimum Gasteiger partial charge on any atom is -0.461 e. The van der Waals surface area contributed by atoms with E-state index in [1.807, 2.05) is 13.8 Å². The molecule has 24 nitrogen and oxygen atoms in total. The highest BCUT2D eigenvalue weighted by Gasteiger charge is 2.44. The molecule has 1 fully saturated rings. The van der Waals surface area contributed by atoms with E-state index in [4.69, 9.17) is 9.47 Å². The predicted octanol–water partition coefficient (Wildman–Crippen LogP) is 2.00. The van der Waals surface area contributed by atoms with Crippen LogP contribution in [0.1, 0.15) is 111 Å². The molecule has 6 rings (SSSR count). The number of nitrogens with zero attached hydrogens (tertiary/aromatic N) is 8. The maximum atomic E-state index is 15.1. The average Bonchev–Trinajstić information content (AvgIpc) is 4.00. The normalized spacial score (nSPS) is 25.3. The van der Waals surface area contributed by atoms with Crippen LogP contribution in [0.15, 0.2) is 62.0 Å². The number of benzene rings is 1. The number of cyclic esters (lactones) is 2. The molecule has 0 radical (unpaired) electrons. The number of likely N-dealkylation sites (N-methyl/N-ethyl adjacent to an activating group) is 4. The summed E-state index contributed by atoms with van der Waals surface area (Å²) in [5.41, 5.74) is 1.01. The second-order valence-corrected chi connectivity index (χ2v) is 20.2. The Hall–Kier alpha value is -8.44. The molecule has 3 aliphatic rings. The molecular formula is C56H72N12O12. The number of para-hydroxylation sites is 2. The van der Waals surface area contributed by atoms with E-state index in [0.717, 1.165) is 28.8 Å². The number of rotatable bonds is 10. The Morgan fingerprint density at radius 3 is 1.64 bits per heavy atom. The summed E-state index contributed by atoms with van der Waals surface area (Å²) < 4.78 is 11.7. The molecule has 1 aliphatic carbocycles. The van der Waals surface area contributed by atoms with Crippen LogP contribution in [0.4, 0.5) is 0 Å². The lowest BCUT2D eigenvalue weighted by Gasteiger charge is -2.38. The number of esters is 2. The molecule has 8 atom stereocenters. The fourth-order valence-electron chi connectivity index (χ4n) is 10.3. The first-order valence-corrected chi connectivity index (χ1v) is 26.8. The molecule has 80 heavy (non-hydrogen) atoms. The van der Waals surface area contributed by atoms with E-state index in [9.17, 15) is 38.4 Å². The van der Waals surface area contributed by atoms with Crippen LogP contribution in [-0.2, 0) is 47.8 Å². The number of aromatic nitrogens is 4. The van der Waals surface area contributed by atoms with Gasteiger partial charge in [0, 0.05) is 28.2 Å². The predicted molar refractivity (Wildman–Crippen MR) is 292 cm³/mol. The molecule has 1 aromatic carbocycles. The van der Waals surface area contributed by atoms with Crippen LogP contribution >= 0.6 is 0 Å². The van der Waals surface area contributed by atoms with E-state index in [0.29, 0.717) is 42.4 Å². The monoisotopic (exact) mass is 1100 g/mol. The van der Waals surface area contributed by atoms with Gasteiger partial charge in [0.25, 0.3) is 11.8 Å². The number of amides is 8. The second kappa shape index (κ2) is 27.4. The van der Waals surface area contributed by atoms with E-state index in [1.165, 1.54) is 70.2 Å². The summed E-state index contributed by atoms with van der Waals surface area (Å²) in [4.78, 5) is 167. The summed E-state index contributed by atoms with van der Waals surface area (Å²) in [5.74, 6) is -9.56. The van der Waals surface area contributed by atoms with Gasteiger partial charge in [-0.1, -0.05) is 77.0 Å². The van der Waals surface area contributed by atoms with Gasteiger partial charge in [0.2, 0.25) is 35.4 Å². The summed E-state index contributed by atoms with van der Waals surface area (Å²) in [5, 5.41) is 10.3. The van der Waals surface area contributed by atoms with Gasteiger partial charge in [-0.3, -0.25) is 48.3 Å². The van der Waals surface area contributed by atoms with Crippen LogP contribution in [0.25, 0.3) is 23.2 Å². The van der Waals surface area contributed by atoms with E-state index in [-0.39, 0.29) is 29.9 Å². The van der Waals surface area contributed by atoms with Gasteiger partial charge in [0.1, 0.15) is 72.9 Å². The number of carbonyl (C=O) groups excluding carboxylic acids is 10. The third-order valence-corrected chi connectivity index (χ3v) is 15.1. The average molecular weight is 1110 g/mol. The minimum absolute atomic E-state index is 0.176.